The minimum absolute atomic E-state index is 0.0325. The van der Waals surface area contributed by atoms with Crippen LogP contribution in [0.2, 0.25) is 0 Å². The van der Waals surface area contributed by atoms with Gasteiger partial charge in [-0.3, -0.25) is 4.79 Å². The van der Waals surface area contributed by atoms with Crippen LogP contribution in [-0.4, -0.2) is 47.7 Å². The van der Waals surface area contributed by atoms with Crippen molar-refractivity contribution < 1.29 is 19.4 Å². The first-order valence-electron chi connectivity index (χ1n) is 6.49. The second-order valence-electron chi connectivity index (χ2n) is 5.43. The zero-order valence-corrected chi connectivity index (χ0v) is 11.4. The Kier molecular flexibility index (Phi) is 5.14. The zero-order chi connectivity index (χ0) is 13.8. The van der Waals surface area contributed by atoms with E-state index in [1.165, 1.54) is 0 Å². The van der Waals surface area contributed by atoms with Gasteiger partial charge < -0.3 is 14.7 Å². The molecule has 0 aliphatic carbocycles. The van der Waals surface area contributed by atoms with E-state index in [1.807, 2.05) is 25.7 Å². The van der Waals surface area contributed by atoms with E-state index in [9.17, 15) is 9.59 Å². The van der Waals surface area contributed by atoms with E-state index >= 15 is 0 Å². The number of carboxylic acids is 1. The topological polar surface area (TPSA) is 66.8 Å². The van der Waals surface area contributed by atoms with Crippen molar-refractivity contribution in [3.63, 3.8) is 0 Å². The molecule has 104 valence electrons. The maximum absolute atomic E-state index is 12.2. The third-order valence-electron chi connectivity index (χ3n) is 3.63. The highest BCUT2D eigenvalue weighted by Crippen LogP contribution is 2.25. The van der Waals surface area contributed by atoms with Gasteiger partial charge in [-0.25, -0.2) is 4.79 Å². The van der Waals surface area contributed by atoms with E-state index in [2.05, 4.69) is 0 Å². The van der Waals surface area contributed by atoms with Crippen molar-refractivity contribution >= 4 is 11.9 Å². The van der Waals surface area contributed by atoms with Crippen molar-refractivity contribution in [2.24, 2.45) is 5.41 Å². The Labute approximate surface area is 108 Å². The number of ether oxygens (including phenoxy) is 1. The summed E-state index contributed by atoms with van der Waals surface area (Å²) in [7, 11) is 0. The van der Waals surface area contributed by atoms with Gasteiger partial charge in [-0.1, -0.05) is 20.8 Å². The zero-order valence-electron chi connectivity index (χ0n) is 11.4. The lowest BCUT2D eigenvalue weighted by atomic mass is 9.88. The van der Waals surface area contributed by atoms with Crippen molar-refractivity contribution in [1.29, 1.82) is 0 Å². The van der Waals surface area contributed by atoms with E-state index in [0.717, 1.165) is 19.3 Å². The lowest BCUT2D eigenvalue weighted by Gasteiger charge is -2.36. The van der Waals surface area contributed by atoms with Gasteiger partial charge in [0, 0.05) is 18.5 Å². The monoisotopic (exact) mass is 257 g/mol. The highest BCUT2D eigenvalue weighted by atomic mass is 16.5. The fourth-order valence-electron chi connectivity index (χ4n) is 1.99. The van der Waals surface area contributed by atoms with Crippen LogP contribution in [0.1, 0.15) is 40.0 Å². The maximum Gasteiger partial charge on any atom is 0.329 e. The smallest absolute Gasteiger partial charge is 0.329 e. The summed E-state index contributed by atoms with van der Waals surface area (Å²) in [5.41, 5.74) is -0.311. The molecule has 1 fully saturated rings. The number of aliphatic carboxylic acids is 1. The molecule has 0 radical (unpaired) electrons. The molecule has 1 rings (SSSR count). The molecule has 1 heterocycles. The van der Waals surface area contributed by atoms with Crippen LogP contribution in [0.3, 0.4) is 0 Å². The van der Waals surface area contributed by atoms with Crippen molar-refractivity contribution in [3.8, 4) is 0 Å². The van der Waals surface area contributed by atoms with Crippen LogP contribution >= 0.6 is 0 Å². The highest BCUT2D eigenvalue weighted by molar-refractivity contribution is 5.82. The van der Waals surface area contributed by atoms with Gasteiger partial charge in [0.05, 0.1) is 6.10 Å². The molecule has 0 bridgehead atoms. The molecular weight excluding hydrogens is 234 g/mol. The first kappa shape index (κ1) is 15.0. The van der Waals surface area contributed by atoms with Gasteiger partial charge in [-0.2, -0.15) is 0 Å². The van der Waals surface area contributed by atoms with Gasteiger partial charge in [-0.05, 0) is 19.3 Å². The third-order valence-corrected chi connectivity index (χ3v) is 3.63. The Morgan fingerprint density at radius 3 is 2.33 bits per heavy atom. The summed E-state index contributed by atoms with van der Waals surface area (Å²) in [6.45, 7) is 7.00. The molecule has 0 aromatic rings. The first-order chi connectivity index (χ1) is 8.36. The van der Waals surface area contributed by atoms with Gasteiger partial charge in [0.25, 0.3) is 0 Å². The molecule has 0 saturated carbocycles. The molecule has 0 atom stereocenters. The molecule has 5 heteroatoms. The molecule has 0 unspecified atom stereocenters. The van der Waals surface area contributed by atoms with Crippen molar-refractivity contribution in [2.75, 3.05) is 19.7 Å². The van der Waals surface area contributed by atoms with Crippen LogP contribution < -0.4 is 0 Å². The minimum Gasteiger partial charge on any atom is -0.480 e. The molecule has 0 aromatic heterocycles. The van der Waals surface area contributed by atoms with E-state index in [0.29, 0.717) is 13.1 Å². The number of hydrogen-bond acceptors (Lipinski definition) is 3. The summed E-state index contributed by atoms with van der Waals surface area (Å²) < 4.78 is 5.25. The molecule has 18 heavy (non-hydrogen) atoms. The largest absolute Gasteiger partial charge is 0.480 e. The van der Waals surface area contributed by atoms with Crippen LogP contribution in [0, 0.1) is 5.41 Å². The number of nitrogens with zero attached hydrogens (tertiary/aromatic N) is 1. The van der Waals surface area contributed by atoms with Crippen LogP contribution in [-0.2, 0) is 14.3 Å². The summed E-state index contributed by atoms with van der Waals surface area (Å²) in [5.74, 6) is -0.762. The predicted octanol–water partition coefficient (Wildman–Crippen LogP) is 1.51. The van der Waals surface area contributed by atoms with Crippen LogP contribution in [0.5, 0.6) is 0 Å². The van der Waals surface area contributed by atoms with Crippen LogP contribution in [0.4, 0.5) is 0 Å². The molecule has 1 amide bonds. The van der Waals surface area contributed by atoms with Gasteiger partial charge in [0.1, 0.15) is 6.61 Å². The van der Waals surface area contributed by atoms with Crippen LogP contribution in [0.15, 0.2) is 0 Å². The summed E-state index contributed by atoms with van der Waals surface area (Å²) in [6.07, 6.45) is 2.23. The lowest BCUT2D eigenvalue weighted by Crippen LogP contribution is -2.46. The average molecular weight is 257 g/mol. The summed E-state index contributed by atoms with van der Waals surface area (Å²) in [4.78, 5) is 24.5. The van der Waals surface area contributed by atoms with E-state index < -0.39 is 5.97 Å². The lowest BCUT2D eigenvalue weighted by molar-refractivity contribution is -0.149. The molecule has 1 aliphatic heterocycles. The SMILES string of the molecule is CCC(C)(C)C(=O)N1CCC(OCC(=O)O)CC1. The molecule has 0 spiro atoms. The second kappa shape index (κ2) is 6.18. The number of amides is 1. The Morgan fingerprint density at radius 2 is 1.89 bits per heavy atom. The number of rotatable bonds is 5. The molecule has 1 saturated heterocycles. The number of carboxylic acid groups (broad SMARTS) is 1. The van der Waals surface area contributed by atoms with Crippen LogP contribution in [0.25, 0.3) is 0 Å². The predicted molar refractivity (Wildman–Crippen MR) is 67.3 cm³/mol. The number of carbonyl (C=O) groups is 2. The number of likely N-dealkylation sites (tertiary alicyclic amines) is 1. The number of piperidine rings is 1. The molecule has 5 nitrogen and oxygen atoms in total. The maximum atomic E-state index is 12.2. The molecule has 1 N–H and O–H groups in total. The van der Waals surface area contributed by atoms with Crippen molar-refractivity contribution in [3.05, 3.63) is 0 Å². The number of hydrogen-bond donors (Lipinski definition) is 1. The van der Waals surface area contributed by atoms with E-state index in [-0.39, 0.29) is 24.0 Å². The third kappa shape index (κ3) is 3.98. The highest BCUT2D eigenvalue weighted by Gasteiger charge is 2.32. The Bertz CT molecular complexity index is 306. The van der Waals surface area contributed by atoms with Gasteiger partial charge in [-0.15, -0.1) is 0 Å². The molecule has 0 aromatic carbocycles. The van der Waals surface area contributed by atoms with E-state index in [1.54, 1.807) is 0 Å². The second-order valence-corrected chi connectivity index (χ2v) is 5.43. The quantitative estimate of drug-likeness (QED) is 0.810. The fraction of sp³-hybridized carbons (Fsp3) is 0.846. The fourth-order valence-corrected chi connectivity index (χ4v) is 1.99. The Hall–Kier alpha value is -1.10. The van der Waals surface area contributed by atoms with Crippen molar-refractivity contribution in [1.82, 2.24) is 4.90 Å². The summed E-state index contributed by atoms with van der Waals surface area (Å²) in [6, 6.07) is 0. The Balaban J connectivity index is 2.39. The number of carbonyl (C=O) groups excluding carboxylic acids is 1. The molecular formula is C13H23NO4. The summed E-state index contributed by atoms with van der Waals surface area (Å²) >= 11 is 0. The standard InChI is InChI=1S/C13H23NO4/c1-4-13(2,3)12(17)14-7-5-10(6-8-14)18-9-11(15)16/h10H,4-9H2,1-3H3,(H,15,16). The van der Waals surface area contributed by atoms with Gasteiger partial charge >= 0.3 is 5.97 Å². The van der Waals surface area contributed by atoms with Gasteiger partial charge in [0.15, 0.2) is 0 Å². The summed E-state index contributed by atoms with van der Waals surface area (Å²) in [5, 5.41) is 8.53. The van der Waals surface area contributed by atoms with Crippen molar-refractivity contribution in [2.45, 2.75) is 46.1 Å². The van der Waals surface area contributed by atoms with Gasteiger partial charge in [0.2, 0.25) is 5.91 Å². The Morgan fingerprint density at radius 1 is 1.33 bits per heavy atom. The van der Waals surface area contributed by atoms with E-state index in [4.69, 9.17) is 9.84 Å². The normalized spacial score (nSPS) is 17.8. The minimum atomic E-state index is -0.944. The average Bonchev–Trinajstić information content (AvgIpc) is 2.36. The first-order valence-corrected chi connectivity index (χ1v) is 6.49. The molecule has 1 aliphatic rings.